The molecule has 2 rings (SSSR count). The van der Waals surface area contributed by atoms with E-state index >= 15 is 0 Å². The highest BCUT2D eigenvalue weighted by atomic mass is 16.1. The van der Waals surface area contributed by atoms with Gasteiger partial charge in [-0.05, 0) is 38.1 Å². The maximum atomic E-state index is 11.1. The minimum Gasteiger partial charge on any atom is -0.381 e. The molecule has 0 radical (unpaired) electrons. The van der Waals surface area contributed by atoms with Crippen molar-refractivity contribution in [2.45, 2.75) is 20.4 Å². The summed E-state index contributed by atoms with van der Waals surface area (Å²) in [6.45, 7) is 4.28. The number of rotatable bonds is 4. The van der Waals surface area contributed by atoms with E-state index in [2.05, 4.69) is 15.5 Å². The summed E-state index contributed by atoms with van der Waals surface area (Å²) in [5.74, 6) is 0.0854. The van der Waals surface area contributed by atoms with Crippen LogP contribution in [0.15, 0.2) is 30.5 Å². The molecule has 0 aliphatic heterocycles. The summed E-state index contributed by atoms with van der Waals surface area (Å²) in [7, 11) is 0. The highest BCUT2D eigenvalue weighted by Gasteiger charge is 2.01. The number of aryl methyl sites for hydroxylation is 1. The van der Waals surface area contributed by atoms with Crippen LogP contribution < -0.4 is 5.32 Å². The summed E-state index contributed by atoms with van der Waals surface area (Å²) in [4.78, 5) is 11.1. The quantitative estimate of drug-likeness (QED) is 0.792. The highest BCUT2D eigenvalue weighted by Crippen LogP contribution is 2.12. The molecule has 1 heterocycles. The molecule has 0 fully saturated rings. The number of hydrogen-bond donors (Lipinski definition) is 2. The van der Waals surface area contributed by atoms with Gasteiger partial charge in [0.25, 0.3) is 0 Å². The summed E-state index contributed by atoms with van der Waals surface area (Å²) in [5, 5.41) is 10.1. The number of carbonyl (C=O) groups is 1. The summed E-state index contributed by atoms with van der Waals surface area (Å²) >= 11 is 0. The Morgan fingerprint density at radius 1 is 1.35 bits per heavy atom. The number of nitrogens with one attached hydrogen (secondary N) is 2. The van der Waals surface area contributed by atoms with E-state index in [4.69, 9.17) is 0 Å². The van der Waals surface area contributed by atoms with E-state index in [0.29, 0.717) is 0 Å². The molecule has 17 heavy (non-hydrogen) atoms. The Bertz CT molecular complexity index is 514. The Labute approximate surface area is 100 Å². The molecule has 0 spiro atoms. The van der Waals surface area contributed by atoms with E-state index in [0.717, 1.165) is 29.1 Å². The van der Waals surface area contributed by atoms with Gasteiger partial charge in [-0.1, -0.05) is 0 Å². The van der Waals surface area contributed by atoms with Crippen LogP contribution in [0.5, 0.6) is 0 Å². The number of hydrogen-bond acceptors (Lipinski definition) is 3. The second-order valence-electron chi connectivity index (χ2n) is 4.01. The first-order chi connectivity index (χ1) is 8.16. The van der Waals surface area contributed by atoms with Gasteiger partial charge in [-0.2, -0.15) is 5.10 Å². The number of ketones is 1. The van der Waals surface area contributed by atoms with Crippen LogP contribution in [0.2, 0.25) is 0 Å². The minimum absolute atomic E-state index is 0.0854. The maximum Gasteiger partial charge on any atom is 0.159 e. The van der Waals surface area contributed by atoms with Crippen LogP contribution in [0.25, 0.3) is 0 Å². The van der Waals surface area contributed by atoms with Crippen LogP contribution in [-0.2, 0) is 6.54 Å². The van der Waals surface area contributed by atoms with Gasteiger partial charge in [0.2, 0.25) is 0 Å². The van der Waals surface area contributed by atoms with Crippen molar-refractivity contribution in [3.8, 4) is 0 Å². The van der Waals surface area contributed by atoms with Crippen molar-refractivity contribution in [1.82, 2.24) is 10.2 Å². The Morgan fingerprint density at radius 2 is 2.06 bits per heavy atom. The van der Waals surface area contributed by atoms with Crippen molar-refractivity contribution in [1.29, 1.82) is 0 Å². The molecule has 0 saturated heterocycles. The number of Topliss-reactive ketones (excluding diaryl/α,β-unsaturated/α-hetero) is 1. The second kappa shape index (κ2) is 4.82. The van der Waals surface area contributed by atoms with Gasteiger partial charge >= 0.3 is 0 Å². The molecule has 0 atom stereocenters. The van der Waals surface area contributed by atoms with Crippen molar-refractivity contribution in [2.75, 3.05) is 5.32 Å². The molecule has 2 aromatic rings. The minimum atomic E-state index is 0.0854. The SMILES string of the molecule is CC(=O)c1ccc(NCc2cn[nH]c2C)cc1. The fourth-order valence-electron chi connectivity index (χ4n) is 1.57. The summed E-state index contributed by atoms with van der Waals surface area (Å²) in [6.07, 6.45) is 1.81. The first kappa shape index (κ1) is 11.4. The molecule has 0 saturated carbocycles. The lowest BCUT2D eigenvalue weighted by Crippen LogP contribution is -2.00. The number of carbonyl (C=O) groups excluding carboxylic acids is 1. The third kappa shape index (κ3) is 2.72. The average Bonchev–Trinajstić information content (AvgIpc) is 2.73. The van der Waals surface area contributed by atoms with Gasteiger partial charge in [-0.15, -0.1) is 0 Å². The first-order valence-corrected chi connectivity index (χ1v) is 5.50. The Hall–Kier alpha value is -2.10. The molecule has 0 unspecified atom stereocenters. The molecule has 88 valence electrons. The number of anilines is 1. The van der Waals surface area contributed by atoms with Crippen molar-refractivity contribution >= 4 is 11.5 Å². The van der Waals surface area contributed by atoms with Gasteiger partial charge < -0.3 is 5.32 Å². The predicted molar refractivity (Wildman–Crippen MR) is 67.1 cm³/mol. The second-order valence-corrected chi connectivity index (χ2v) is 4.01. The molecule has 0 aliphatic carbocycles. The molecular formula is C13H15N3O. The monoisotopic (exact) mass is 229 g/mol. The van der Waals surface area contributed by atoms with Crippen LogP contribution in [0.3, 0.4) is 0 Å². The average molecular weight is 229 g/mol. The van der Waals surface area contributed by atoms with E-state index in [1.807, 2.05) is 37.4 Å². The smallest absolute Gasteiger partial charge is 0.159 e. The van der Waals surface area contributed by atoms with E-state index in [9.17, 15) is 4.79 Å². The van der Waals surface area contributed by atoms with Crippen LogP contribution >= 0.6 is 0 Å². The summed E-state index contributed by atoms with van der Waals surface area (Å²) in [6, 6.07) is 7.47. The zero-order valence-corrected chi connectivity index (χ0v) is 9.95. The topological polar surface area (TPSA) is 57.8 Å². The third-order valence-electron chi connectivity index (χ3n) is 2.71. The Morgan fingerprint density at radius 3 is 2.59 bits per heavy atom. The van der Waals surface area contributed by atoms with Gasteiger partial charge in [0, 0.05) is 29.1 Å². The van der Waals surface area contributed by atoms with Gasteiger partial charge in [0.05, 0.1) is 6.20 Å². The fraction of sp³-hybridized carbons (Fsp3) is 0.231. The van der Waals surface area contributed by atoms with Gasteiger partial charge in [0.15, 0.2) is 5.78 Å². The van der Waals surface area contributed by atoms with Gasteiger partial charge in [0.1, 0.15) is 0 Å². The molecular weight excluding hydrogens is 214 g/mol. The van der Waals surface area contributed by atoms with Crippen LogP contribution in [0, 0.1) is 6.92 Å². The lowest BCUT2D eigenvalue weighted by atomic mass is 10.1. The molecule has 2 N–H and O–H groups in total. The van der Waals surface area contributed by atoms with Gasteiger partial charge in [-0.25, -0.2) is 0 Å². The van der Waals surface area contributed by atoms with E-state index in [1.54, 1.807) is 6.92 Å². The Kier molecular flexibility index (Phi) is 3.23. The van der Waals surface area contributed by atoms with E-state index in [1.165, 1.54) is 0 Å². The molecule has 4 heteroatoms. The molecule has 0 aliphatic rings. The van der Waals surface area contributed by atoms with Gasteiger partial charge in [-0.3, -0.25) is 9.89 Å². The third-order valence-corrected chi connectivity index (χ3v) is 2.71. The zero-order chi connectivity index (χ0) is 12.3. The molecule has 1 aromatic heterocycles. The molecule has 0 amide bonds. The normalized spacial score (nSPS) is 10.2. The van der Waals surface area contributed by atoms with Crippen molar-refractivity contribution in [2.24, 2.45) is 0 Å². The number of aromatic amines is 1. The van der Waals surface area contributed by atoms with Crippen molar-refractivity contribution in [3.63, 3.8) is 0 Å². The van der Waals surface area contributed by atoms with E-state index < -0.39 is 0 Å². The lowest BCUT2D eigenvalue weighted by Gasteiger charge is -2.06. The molecule has 1 aromatic carbocycles. The highest BCUT2D eigenvalue weighted by molar-refractivity contribution is 5.94. The fourth-order valence-corrected chi connectivity index (χ4v) is 1.57. The van der Waals surface area contributed by atoms with Crippen molar-refractivity contribution in [3.05, 3.63) is 47.3 Å². The predicted octanol–water partition coefficient (Wildman–Crippen LogP) is 2.53. The lowest BCUT2D eigenvalue weighted by molar-refractivity contribution is 0.101. The number of aromatic nitrogens is 2. The largest absolute Gasteiger partial charge is 0.381 e. The summed E-state index contributed by atoms with van der Waals surface area (Å²) in [5.41, 5.74) is 3.93. The molecule has 0 bridgehead atoms. The first-order valence-electron chi connectivity index (χ1n) is 5.50. The molecule has 4 nitrogen and oxygen atoms in total. The van der Waals surface area contributed by atoms with Crippen LogP contribution in [0.4, 0.5) is 5.69 Å². The number of nitrogens with zero attached hydrogens (tertiary/aromatic N) is 1. The standard InChI is InChI=1S/C13H15N3O/c1-9-12(8-15-16-9)7-14-13-5-3-11(4-6-13)10(2)17/h3-6,8,14H,7H2,1-2H3,(H,15,16). The van der Waals surface area contributed by atoms with E-state index in [-0.39, 0.29) is 5.78 Å². The summed E-state index contributed by atoms with van der Waals surface area (Å²) < 4.78 is 0. The number of benzene rings is 1. The van der Waals surface area contributed by atoms with Crippen LogP contribution in [-0.4, -0.2) is 16.0 Å². The Balaban J connectivity index is 2.00. The zero-order valence-electron chi connectivity index (χ0n) is 9.95. The number of H-pyrrole nitrogens is 1. The van der Waals surface area contributed by atoms with Crippen LogP contribution in [0.1, 0.15) is 28.5 Å². The maximum absolute atomic E-state index is 11.1. The van der Waals surface area contributed by atoms with Crippen molar-refractivity contribution < 1.29 is 4.79 Å².